The standard InChI is InChI=1S/C15H12BrN3O3S/c1-22-15-14(17-9-13(16)18-15)19-23(20,21)12-8-4-6-10-5-2-3-7-11(10)12/h2-9H,1H3,(H,17,19). The van der Waals surface area contributed by atoms with E-state index in [1.54, 1.807) is 24.3 Å². The number of halogens is 1. The van der Waals surface area contributed by atoms with Crippen molar-refractivity contribution >= 4 is 42.5 Å². The summed E-state index contributed by atoms with van der Waals surface area (Å²) in [6, 6.07) is 12.4. The van der Waals surface area contributed by atoms with Crippen LogP contribution in [0.15, 0.2) is 58.2 Å². The summed E-state index contributed by atoms with van der Waals surface area (Å²) >= 11 is 3.16. The van der Waals surface area contributed by atoms with E-state index in [9.17, 15) is 8.42 Å². The lowest BCUT2D eigenvalue weighted by Crippen LogP contribution is -2.15. The Labute approximate surface area is 141 Å². The lowest BCUT2D eigenvalue weighted by molar-refractivity contribution is 0.397. The van der Waals surface area contributed by atoms with Crippen LogP contribution in [0.25, 0.3) is 10.8 Å². The van der Waals surface area contributed by atoms with Crippen molar-refractivity contribution in [2.45, 2.75) is 4.90 Å². The molecule has 0 saturated carbocycles. The SMILES string of the molecule is COc1nc(Br)cnc1NS(=O)(=O)c1cccc2ccccc12. The summed E-state index contributed by atoms with van der Waals surface area (Å²) in [4.78, 5) is 8.22. The molecular formula is C15H12BrN3O3S. The summed E-state index contributed by atoms with van der Waals surface area (Å²) in [5.41, 5.74) is 0. The number of fused-ring (bicyclic) bond motifs is 1. The molecule has 0 saturated heterocycles. The van der Waals surface area contributed by atoms with Gasteiger partial charge in [0.05, 0.1) is 18.2 Å². The van der Waals surface area contributed by atoms with Crippen LogP contribution in [-0.2, 0) is 10.0 Å². The molecule has 23 heavy (non-hydrogen) atoms. The fraction of sp³-hybridized carbons (Fsp3) is 0.0667. The summed E-state index contributed by atoms with van der Waals surface area (Å²) in [5, 5.41) is 1.47. The molecular weight excluding hydrogens is 382 g/mol. The Bertz CT molecular complexity index is 971. The van der Waals surface area contributed by atoms with Crippen LogP contribution in [0.3, 0.4) is 0 Å². The predicted octanol–water partition coefficient (Wildman–Crippen LogP) is 3.20. The number of hydrogen-bond donors (Lipinski definition) is 1. The Morgan fingerprint density at radius 2 is 1.87 bits per heavy atom. The van der Waals surface area contributed by atoms with Crippen LogP contribution in [0.2, 0.25) is 0 Å². The molecule has 1 aromatic heterocycles. The van der Waals surface area contributed by atoms with Crippen molar-refractivity contribution in [2.75, 3.05) is 11.8 Å². The fourth-order valence-corrected chi connectivity index (χ4v) is 3.68. The van der Waals surface area contributed by atoms with E-state index < -0.39 is 10.0 Å². The number of ether oxygens (including phenoxy) is 1. The third kappa shape index (κ3) is 3.13. The lowest BCUT2D eigenvalue weighted by Gasteiger charge is -2.11. The molecule has 3 aromatic rings. The number of rotatable bonds is 4. The number of nitrogens with zero attached hydrogens (tertiary/aromatic N) is 2. The predicted molar refractivity (Wildman–Crippen MR) is 91.0 cm³/mol. The van der Waals surface area contributed by atoms with Crippen molar-refractivity contribution < 1.29 is 13.2 Å². The normalized spacial score (nSPS) is 11.4. The minimum atomic E-state index is -3.83. The molecule has 0 fully saturated rings. The number of methoxy groups -OCH3 is 1. The quantitative estimate of drug-likeness (QED) is 0.735. The van der Waals surface area contributed by atoms with Crippen LogP contribution >= 0.6 is 15.9 Å². The van der Waals surface area contributed by atoms with E-state index in [0.717, 1.165) is 5.39 Å². The highest BCUT2D eigenvalue weighted by Gasteiger charge is 2.20. The van der Waals surface area contributed by atoms with Gasteiger partial charge in [-0.05, 0) is 27.4 Å². The smallest absolute Gasteiger partial charge is 0.263 e. The van der Waals surface area contributed by atoms with Gasteiger partial charge in [0.25, 0.3) is 15.9 Å². The van der Waals surface area contributed by atoms with E-state index in [2.05, 4.69) is 30.6 Å². The van der Waals surface area contributed by atoms with Gasteiger partial charge in [0, 0.05) is 5.39 Å². The summed E-state index contributed by atoms with van der Waals surface area (Å²) < 4.78 is 33.4. The van der Waals surface area contributed by atoms with Crippen molar-refractivity contribution in [1.29, 1.82) is 0 Å². The second kappa shape index (κ2) is 6.13. The minimum Gasteiger partial charge on any atom is -0.478 e. The molecule has 0 bridgehead atoms. The van der Waals surface area contributed by atoms with Crippen molar-refractivity contribution in [3.8, 4) is 5.88 Å². The van der Waals surface area contributed by atoms with Crippen molar-refractivity contribution in [1.82, 2.24) is 9.97 Å². The molecule has 0 amide bonds. The number of nitrogens with one attached hydrogen (secondary N) is 1. The van der Waals surface area contributed by atoms with Crippen LogP contribution in [0.1, 0.15) is 0 Å². The number of anilines is 1. The minimum absolute atomic E-state index is 0.0311. The van der Waals surface area contributed by atoms with Gasteiger partial charge in [0.1, 0.15) is 4.60 Å². The third-order valence-electron chi connectivity index (χ3n) is 3.17. The molecule has 1 heterocycles. The highest BCUT2D eigenvalue weighted by atomic mass is 79.9. The molecule has 2 aromatic carbocycles. The van der Waals surface area contributed by atoms with Gasteiger partial charge in [-0.25, -0.2) is 18.4 Å². The molecule has 8 heteroatoms. The van der Waals surface area contributed by atoms with Crippen LogP contribution in [0.5, 0.6) is 5.88 Å². The van der Waals surface area contributed by atoms with Gasteiger partial charge in [0.15, 0.2) is 0 Å². The van der Waals surface area contributed by atoms with Crippen molar-refractivity contribution in [3.05, 3.63) is 53.3 Å². The first kappa shape index (κ1) is 15.7. The molecule has 0 atom stereocenters. The molecule has 3 rings (SSSR count). The Balaban J connectivity index is 2.08. The van der Waals surface area contributed by atoms with Gasteiger partial charge in [-0.2, -0.15) is 0 Å². The van der Waals surface area contributed by atoms with Crippen molar-refractivity contribution in [2.24, 2.45) is 0 Å². The van der Waals surface area contributed by atoms with Crippen LogP contribution in [0, 0.1) is 0 Å². The average Bonchev–Trinajstić information content (AvgIpc) is 2.55. The summed E-state index contributed by atoms with van der Waals surface area (Å²) in [7, 11) is -2.44. The zero-order chi connectivity index (χ0) is 16.4. The first-order valence-corrected chi connectivity index (χ1v) is 8.86. The van der Waals surface area contributed by atoms with Gasteiger partial charge < -0.3 is 4.74 Å². The molecule has 0 unspecified atom stereocenters. The van der Waals surface area contributed by atoms with Gasteiger partial charge in [0.2, 0.25) is 5.82 Å². The molecule has 0 aliphatic rings. The molecule has 118 valence electrons. The Kier molecular flexibility index (Phi) is 4.18. The van der Waals surface area contributed by atoms with E-state index in [1.807, 2.05) is 18.2 Å². The van der Waals surface area contributed by atoms with E-state index >= 15 is 0 Å². The summed E-state index contributed by atoms with van der Waals surface area (Å²) in [6.07, 6.45) is 1.39. The number of hydrogen-bond acceptors (Lipinski definition) is 5. The Hall–Kier alpha value is -2.19. The lowest BCUT2D eigenvalue weighted by atomic mass is 10.1. The van der Waals surface area contributed by atoms with E-state index in [4.69, 9.17) is 4.74 Å². The van der Waals surface area contributed by atoms with E-state index in [-0.39, 0.29) is 16.6 Å². The third-order valence-corrected chi connectivity index (χ3v) is 4.95. The van der Waals surface area contributed by atoms with E-state index in [0.29, 0.717) is 9.99 Å². The largest absolute Gasteiger partial charge is 0.478 e. The van der Waals surface area contributed by atoms with Crippen LogP contribution < -0.4 is 9.46 Å². The second-order valence-electron chi connectivity index (χ2n) is 4.63. The number of sulfonamides is 1. The van der Waals surface area contributed by atoms with E-state index in [1.165, 1.54) is 13.3 Å². The second-order valence-corrected chi connectivity index (χ2v) is 7.10. The molecule has 6 nitrogen and oxygen atoms in total. The highest BCUT2D eigenvalue weighted by Crippen LogP contribution is 2.27. The van der Waals surface area contributed by atoms with Gasteiger partial charge in [-0.15, -0.1) is 0 Å². The van der Waals surface area contributed by atoms with Gasteiger partial charge in [-0.3, -0.25) is 4.72 Å². The van der Waals surface area contributed by atoms with Crippen LogP contribution in [0.4, 0.5) is 5.82 Å². The molecule has 1 N–H and O–H groups in total. The van der Waals surface area contributed by atoms with Crippen molar-refractivity contribution in [3.63, 3.8) is 0 Å². The topological polar surface area (TPSA) is 81.2 Å². The molecule has 0 aliphatic heterocycles. The Morgan fingerprint density at radius 1 is 1.13 bits per heavy atom. The highest BCUT2D eigenvalue weighted by molar-refractivity contribution is 9.10. The average molecular weight is 394 g/mol. The first-order chi connectivity index (χ1) is 11.0. The number of aromatic nitrogens is 2. The van der Waals surface area contributed by atoms with Gasteiger partial charge in [-0.1, -0.05) is 36.4 Å². The monoisotopic (exact) mass is 393 g/mol. The molecule has 0 radical (unpaired) electrons. The maximum absolute atomic E-state index is 12.7. The van der Waals surface area contributed by atoms with Crippen LogP contribution in [-0.4, -0.2) is 25.5 Å². The molecule has 0 aliphatic carbocycles. The maximum atomic E-state index is 12.7. The Morgan fingerprint density at radius 3 is 2.65 bits per heavy atom. The fourth-order valence-electron chi connectivity index (χ4n) is 2.18. The summed E-state index contributed by atoms with van der Waals surface area (Å²) in [5.74, 6) is 0.117. The zero-order valence-electron chi connectivity index (χ0n) is 12.0. The van der Waals surface area contributed by atoms with Gasteiger partial charge >= 0.3 is 0 Å². The first-order valence-electron chi connectivity index (χ1n) is 6.58. The summed E-state index contributed by atoms with van der Waals surface area (Å²) in [6.45, 7) is 0. The number of benzene rings is 2. The molecule has 0 spiro atoms. The maximum Gasteiger partial charge on any atom is 0.263 e. The zero-order valence-corrected chi connectivity index (χ0v) is 14.4.